The number of rotatable bonds is 3. The third-order valence-corrected chi connectivity index (χ3v) is 1.72. The van der Waals surface area contributed by atoms with Crippen molar-refractivity contribution in [3.63, 3.8) is 0 Å². The van der Waals surface area contributed by atoms with E-state index in [4.69, 9.17) is 10.8 Å². The lowest BCUT2D eigenvalue weighted by atomic mass is 9.89. The fraction of sp³-hybridized carbons (Fsp3) is 0.857. The summed E-state index contributed by atoms with van der Waals surface area (Å²) in [5.41, 5.74) is 4.74. The fourth-order valence-corrected chi connectivity index (χ4v) is 1.05. The average Bonchev–Trinajstić information content (AvgIpc) is 1.82. The Morgan fingerprint density at radius 2 is 1.77 bits per heavy atom. The summed E-state index contributed by atoms with van der Waals surface area (Å²) in [6, 6.07) is 0. The molecule has 0 aromatic heterocycles. The van der Waals surface area contributed by atoms with Crippen molar-refractivity contribution < 1.29 is 23.1 Å². The van der Waals surface area contributed by atoms with Crippen LogP contribution in [0, 0.1) is 11.8 Å². The first-order valence-electron chi connectivity index (χ1n) is 3.72. The number of halogens is 3. The van der Waals surface area contributed by atoms with E-state index in [1.807, 2.05) is 0 Å². The van der Waals surface area contributed by atoms with Crippen LogP contribution in [0.4, 0.5) is 13.2 Å². The molecule has 0 aromatic rings. The van der Waals surface area contributed by atoms with Gasteiger partial charge in [0, 0.05) is 0 Å². The number of primary amides is 1. The number of carbonyl (C=O) groups is 1. The van der Waals surface area contributed by atoms with E-state index in [-0.39, 0.29) is 0 Å². The average molecular weight is 199 g/mol. The topological polar surface area (TPSA) is 63.3 Å². The van der Waals surface area contributed by atoms with Crippen LogP contribution in [0.25, 0.3) is 0 Å². The Morgan fingerprint density at radius 3 is 1.85 bits per heavy atom. The molecule has 0 aromatic carbocycles. The first-order valence-corrected chi connectivity index (χ1v) is 3.72. The van der Waals surface area contributed by atoms with Gasteiger partial charge in [0.1, 0.15) is 0 Å². The second-order valence-corrected chi connectivity index (χ2v) is 3.16. The van der Waals surface area contributed by atoms with Crippen molar-refractivity contribution in [1.29, 1.82) is 0 Å². The molecule has 0 saturated carbocycles. The van der Waals surface area contributed by atoms with Gasteiger partial charge in [-0.2, -0.15) is 13.2 Å². The molecule has 6 heteroatoms. The van der Waals surface area contributed by atoms with E-state index in [9.17, 15) is 18.0 Å². The summed E-state index contributed by atoms with van der Waals surface area (Å²) >= 11 is 0. The van der Waals surface area contributed by atoms with Gasteiger partial charge in [-0.1, -0.05) is 13.8 Å². The molecule has 0 aliphatic carbocycles. The van der Waals surface area contributed by atoms with E-state index < -0.39 is 30.0 Å². The van der Waals surface area contributed by atoms with Crippen molar-refractivity contribution in [2.75, 3.05) is 0 Å². The predicted octanol–water partition coefficient (Wildman–Crippen LogP) is 0.667. The molecule has 78 valence electrons. The third-order valence-electron chi connectivity index (χ3n) is 1.72. The van der Waals surface area contributed by atoms with E-state index in [0.29, 0.717) is 0 Å². The van der Waals surface area contributed by atoms with Gasteiger partial charge in [0.15, 0.2) is 6.10 Å². The van der Waals surface area contributed by atoms with E-state index >= 15 is 0 Å². The van der Waals surface area contributed by atoms with Crippen LogP contribution < -0.4 is 5.73 Å². The maximum absolute atomic E-state index is 12.0. The molecule has 2 atom stereocenters. The molecule has 0 heterocycles. The zero-order chi connectivity index (χ0) is 10.8. The molecule has 13 heavy (non-hydrogen) atoms. The van der Waals surface area contributed by atoms with Gasteiger partial charge in [-0.25, -0.2) is 0 Å². The molecule has 3 N–H and O–H groups in total. The first-order chi connectivity index (χ1) is 5.68. The van der Waals surface area contributed by atoms with Gasteiger partial charge < -0.3 is 10.8 Å². The summed E-state index contributed by atoms with van der Waals surface area (Å²) in [6.07, 6.45) is -7.48. The Hall–Kier alpha value is -0.780. The van der Waals surface area contributed by atoms with Crippen molar-refractivity contribution in [2.24, 2.45) is 17.6 Å². The minimum Gasteiger partial charge on any atom is -0.383 e. The zero-order valence-corrected chi connectivity index (χ0v) is 7.30. The highest BCUT2D eigenvalue weighted by Gasteiger charge is 2.46. The molecule has 0 fully saturated rings. The minimum atomic E-state index is -4.80. The Balaban J connectivity index is 4.67. The van der Waals surface area contributed by atoms with E-state index in [2.05, 4.69) is 0 Å². The van der Waals surface area contributed by atoms with E-state index in [1.165, 1.54) is 13.8 Å². The van der Waals surface area contributed by atoms with Gasteiger partial charge in [0.2, 0.25) is 5.91 Å². The lowest BCUT2D eigenvalue weighted by Gasteiger charge is -2.24. The molecule has 0 bridgehead atoms. The maximum atomic E-state index is 12.0. The van der Waals surface area contributed by atoms with Gasteiger partial charge in [0.05, 0.1) is 5.92 Å². The highest BCUT2D eigenvalue weighted by Crippen LogP contribution is 2.29. The number of aliphatic hydroxyl groups is 1. The second kappa shape index (κ2) is 3.95. The lowest BCUT2D eigenvalue weighted by Crippen LogP contribution is -2.45. The molecular formula is C7H12F3NO2. The summed E-state index contributed by atoms with van der Waals surface area (Å²) < 4.78 is 35.9. The van der Waals surface area contributed by atoms with Crippen molar-refractivity contribution in [3.8, 4) is 0 Å². The van der Waals surface area contributed by atoms with E-state index in [1.54, 1.807) is 0 Å². The first kappa shape index (κ1) is 12.2. The van der Waals surface area contributed by atoms with Crippen molar-refractivity contribution in [2.45, 2.75) is 26.1 Å². The molecule has 0 rings (SSSR count). The molecule has 0 saturated heterocycles. The monoisotopic (exact) mass is 199 g/mol. The molecular weight excluding hydrogens is 187 g/mol. The molecule has 0 radical (unpaired) electrons. The zero-order valence-electron chi connectivity index (χ0n) is 7.30. The smallest absolute Gasteiger partial charge is 0.383 e. The van der Waals surface area contributed by atoms with Crippen LogP contribution in [0.1, 0.15) is 13.8 Å². The van der Waals surface area contributed by atoms with Crippen molar-refractivity contribution >= 4 is 5.91 Å². The van der Waals surface area contributed by atoms with Crippen molar-refractivity contribution in [3.05, 3.63) is 0 Å². The Bertz CT molecular complexity index is 191. The summed E-state index contributed by atoms with van der Waals surface area (Å²) in [5.74, 6) is -3.37. The minimum absolute atomic E-state index is 0.644. The molecule has 1 amide bonds. The number of alkyl halides is 3. The van der Waals surface area contributed by atoms with Crippen LogP contribution in [0.2, 0.25) is 0 Å². The third kappa shape index (κ3) is 3.22. The SMILES string of the molecule is CC(C)[C@H](C(N)=O)[C@H](O)C(F)(F)F. The standard InChI is InChI=1S/C7H12F3NO2/c1-3(2)4(6(11)13)5(12)7(8,9)10/h3-5,12H,1-2H3,(H2,11,13)/t4-,5-/m0/s1. The summed E-state index contributed by atoms with van der Waals surface area (Å²) in [7, 11) is 0. The molecule has 0 aliphatic heterocycles. The Labute approximate surface area is 73.7 Å². The van der Waals surface area contributed by atoms with Gasteiger partial charge in [0.25, 0.3) is 0 Å². The Kier molecular flexibility index (Phi) is 3.71. The fourth-order valence-electron chi connectivity index (χ4n) is 1.05. The molecule has 0 unspecified atom stereocenters. The Morgan fingerprint density at radius 1 is 1.38 bits per heavy atom. The maximum Gasteiger partial charge on any atom is 0.415 e. The lowest BCUT2D eigenvalue weighted by molar-refractivity contribution is -0.222. The molecule has 3 nitrogen and oxygen atoms in total. The quantitative estimate of drug-likeness (QED) is 0.701. The summed E-state index contributed by atoms with van der Waals surface area (Å²) in [4.78, 5) is 10.6. The van der Waals surface area contributed by atoms with Crippen LogP contribution in [-0.4, -0.2) is 23.3 Å². The largest absolute Gasteiger partial charge is 0.415 e. The van der Waals surface area contributed by atoms with Gasteiger partial charge in [-0.05, 0) is 5.92 Å². The van der Waals surface area contributed by atoms with Crippen LogP contribution in [0.15, 0.2) is 0 Å². The number of carbonyl (C=O) groups excluding carboxylic acids is 1. The molecule has 0 spiro atoms. The number of hydrogen-bond donors (Lipinski definition) is 2. The van der Waals surface area contributed by atoms with Crippen LogP contribution in [0.3, 0.4) is 0 Å². The predicted molar refractivity (Wildman–Crippen MR) is 39.6 cm³/mol. The van der Waals surface area contributed by atoms with Gasteiger partial charge in [-0.3, -0.25) is 4.79 Å². The molecule has 0 aliphatic rings. The normalized spacial score (nSPS) is 17.2. The van der Waals surface area contributed by atoms with Crippen LogP contribution >= 0.6 is 0 Å². The van der Waals surface area contributed by atoms with Crippen molar-refractivity contribution in [1.82, 2.24) is 0 Å². The number of hydrogen-bond acceptors (Lipinski definition) is 2. The van der Waals surface area contributed by atoms with E-state index in [0.717, 1.165) is 0 Å². The number of nitrogens with two attached hydrogens (primary N) is 1. The van der Waals surface area contributed by atoms with Gasteiger partial charge >= 0.3 is 6.18 Å². The number of aliphatic hydroxyl groups excluding tert-OH is 1. The van der Waals surface area contributed by atoms with Gasteiger partial charge in [-0.15, -0.1) is 0 Å². The highest BCUT2D eigenvalue weighted by atomic mass is 19.4. The highest BCUT2D eigenvalue weighted by molar-refractivity contribution is 5.77. The van der Waals surface area contributed by atoms with Crippen LogP contribution in [0.5, 0.6) is 0 Å². The number of amides is 1. The van der Waals surface area contributed by atoms with Crippen LogP contribution in [-0.2, 0) is 4.79 Å². The second-order valence-electron chi connectivity index (χ2n) is 3.16. The summed E-state index contributed by atoms with van der Waals surface area (Å²) in [6.45, 7) is 2.79. The summed E-state index contributed by atoms with van der Waals surface area (Å²) in [5, 5.41) is 8.76.